The lowest BCUT2D eigenvalue weighted by atomic mass is 9.94. The summed E-state index contributed by atoms with van der Waals surface area (Å²) in [5.74, 6) is 0.531. The molecule has 0 aliphatic heterocycles. The zero-order valence-electron chi connectivity index (χ0n) is 13.0. The second-order valence-electron chi connectivity index (χ2n) is 4.67. The molecule has 0 saturated carbocycles. The third kappa shape index (κ3) is 3.24. The Labute approximate surface area is 121 Å². The van der Waals surface area contributed by atoms with E-state index in [4.69, 9.17) is 14.2 Å². The number of esters is 1. The average Bonchev–Trinajstić information content (AvgIpc) is 2.51. The summed E-state index contributed by atoms with van der Waals surface area (Å²) < 4.78 is 16.2. The maximum Gasteiger partial charge on any atom is 0.346 e. The van der Waals surface area contributed by atoms with E-state index in [-0.39, 0.29) is 0 Å². The van der Waals surface area contributed by atoms with Crippen LogP contribution in [0.25, 0.3) is 0 Å². The van der Waals surface area contributed by atoms with E-state index in [9.17, 15) is 4.79 Å². The Bertz CT molecular complexity index is 419. The van der Waals surface area contributed by atoms with E-state index in [0.717, 1.165) is 19.3 Å². The van der Waals surface area contributed by atoms with Gasteiger partial charge in [0.25, 0.3) is 0 Å². The molecule has 0 atom stereocenters. The number of rotatable bonds is 7. The standard InChI is InChI=1S/C16H24O4/c1-6-16(7-2,8-3)20-15(17)14-12(18-4)10-9-11-13(14)19-5/h9-11H,6-8H2,1-5H3. The molecule has 0 heterocycles. The van der Waals surface area contributed by atoms with Gasteiger partial charge >= 0.3 is 5.97 Å². The van der Waals surface area contributed by atoms with Crippen LogP contribution in [0.3, 0.4) is 0 Å². The molecule has 4 nitrogen and oxygen atoms in total. The fraction of sp³-hybridized carbons (Fsp3) is 0.562. The largest absolute Gasteiger partial charge is 0.496 e. The van der Waals surface area contributed by atoms with Crippen LogP contribution in [0, 0.1) is 0 Å². The molecule has 0 aliphatic carbocycles. The molecule has 0 radical (unpaired) electrons. The molecule has 0 saturated heterocycles. The van der Waals surface area contributed by atoms with Gasteiger partial charge in [0.2, 0.25) is 0 Å². The highest BCUT2D eigenvalue weighted by Crippen LogP contribution is 2.32. The highest BCUT2D eigenvalue weighted by molar-refractivity contribution is 5.96. The maximum absolute atomic E-state index is 12.5. The molecule has 0 amide bonds. The first-order chi connectivity index (χ1) is 9.57. The molecular formula is C16H24O4. The zero-order valence-corrected chi connectivity index (χ0v) is 13.0. The molecule has 4 heteroatoms. The van der Waals surface area contributed by atoms with Crippen molar-refractivity contribution in [3.8, 4) is 11.5 Å². The summed E-state index contributed by atoms with van der Waals surface area (Å²) in [4.78, 5) is 12.5. The number of hydrogen-bond acceptors (Lipinski definition) is 4. The summed E-state index contributed by atoms with van der Waals surface area (Å²) >= 11 is 0. The third-order valence-electron chi connectivity index (χ3n) is 3.87. The van der Waals surface area contributed by atoms with Gasteiger partial charge in [0.15, 0.2) is 0 Å². The van der Waals surface area contributed by atoms with Crippen LogP contribution in [-0.4, -0.2) is 25.8 Å². The fourth-order valence-corrected chi connectivity index (χ4v) is 2.27. The van der Waals surface area contributed by atoms with Crippen LogP contribution in [0.15, 0.2) is 18.2 Å². The van der Waals surface area contributed by atoms with E-state index in [1.165, 1.54) is 14.2 Å². The molecule has 112 valence electrons. The number of hydrogen-bond donors (Lipinski definition) is 0. The molecule has 0 N–H and O–H groups in total. The molecule has 0 spiro atoms. The van der Waals surface area contributed by atoms with E-state index in [1.54, 1.807) is 18.2 Å². The minimum absolute atomic E-state index is 0.345. The summed E-state index contributed by atoms with van der Waals surface area (Å²) in [5.41, 5.74) is -0.0830. The smallest absolute Gasteiger partial charge is 0.346 e. The molecule has 0 aromatic heterocycles. The second-order valence-corrected chi connectivity index (χ2v) is 4.67. The van der Waals surface area contributed by atoms with Gasteiger partial charge in [-0.3, -0.25) is 0 Å². The van der Waals surface area contributed by atoms with Gasteiger partial charge in [0.1, 0.15) is 22.7 Å². The van der Waals surface area contributed by atoms with Crippen LogP contribution in [0.2, 0.25) is 0 Å². The van der Waals surface area contributed by atoms with Crippen LogP contribution < -0.4 is 9.47 Å². The van der Waals surface area contributed by atoms with Crippen LogP contribution >= 0.6 is 0 Å². The number of carbonyl (C=O) groups is 1. The van der Waals surface area contributed by atoms with Crippen molar-refractivity contribution in [1.29, 1.82) is 0 Å². The van der Waals surface area contributed by atoms with Crippen molar-refractivity contribution < 1.29 is 19.0 Å². The van der Waals surface area contributed by atoms with Gasteiger partial charge in [-0.2, -0.15) is 0 Å². The minimum atomic E-state index is -0.428. The van der Waals surface area contributed by atoms with Gasteiger partial charge in [-0.05, 0) is 31.4 Å². The van der Waals surface area contributed by atoms with E-state index in [1.807, 2.05) is 20.8 Å². The van der Waals surface area contributed by atoms with E-state index >= 15 is 0 Å². The maximum atomic E-state index is 12.5. The quantitative estimate of drug-likeness (QED) is 0.712. The highest BCUT2D eigenvalue weighted by Gasteiger charge is 2.31. The van der Waals surface area contributed by atoms with Crippen molar-refractivity contribution in [3.05, 3.63) is 23.8 Å². The van der Waals surface area contributed by atoms with Gasteiger partial charge in [-0.25, -0.2) is 4.79 Å². The van der Waals surface area contributed by atoms with E-state index in [0.29, 0.717) is 17.1 Å². The van der Waals surface area contributed by atoms with Crippen molar-refractivity contribution in [2.24, 2.45) is 0 Å². The molecular weight excluding hydrogens is 256 g/mol. The van der Waals surface area contributed by atoms with Crippen molar-refractivity contribution in [1.82, 2.24) is 0 Å². The SMILES string of the molecule is CCC(CC)(CC)OC(=O)c1c(OC)cccc1OC. The lowest BCUT2D eigenvalue weighted by Gasteiger charge is -2.30. The number of benzene rings is 1. The summed E-state index contributed by atoms with van der Waals surface area (Å²) in [7, 11) is 3.05. The van der Waals surface area contributed by atoms with Gasteiger partial charge in [-0.1, -0.05) is 26.8 Å². The Hall–Kier alpha value is -1.71. The van der Waals surface area contributed by atoms with Crippen molar-refractivity contribution in [2.45, 2.75) is 45.6 Å². The average molecular weight is 280 g/mol. The Morgan fingerprint density at radius 1 is 1.00 bits per heavy atom. The predicted octanol–water partition coefficient (Wildman–Crippen LogP) is 3.83. The van der Waals surface area contributed by atoms with E-state index < -0.39 is 11.6 Å². The van der Waals surface area contributed by atoms with Crippen LogP contribution in [-0.2, 0) is 4.74 Å². The van der Waals surface area contributed by atoms with Gasteiger partial charge in [0.05, 0.1) is 14.2 Å². The first-order valence-corrected chi connectivity index (χ1v) is 7.01. The molecule has 20 heavy (non-hydrogen) atoms. The number of methoxy groups -OCH3 is 2. The Balaban J connectivity index is 3.14. The van der Waals surface area contributed by atoms with Crippen molar-refractivity contribution >= 4 is 5.97 Å². The van der Waals surface area contributed by atoms with Crippen molar-refractivity contribution in [3.63, 3.8) is 0 Å². The van der Waals surface area contributed by atoms with Gasteiger partial charge in [-0.15, -0.1) is 0 Å². The molecule has 0 fully saturated rings. The summed E-state index contributed by atoms with van der Waals surface area (Å²) in [5, 5.41) is 0. The summed E-state index contributed by atoms with van der Waals surface area (Å²) in [6.07, 6.45) is 2.34. The Kier molecular flexibility index (Phi) is 5.86. The van der Waals surface area contributed by atoms with Crippen LogP contribution in [0.4, 0.5) is 0 Å². The van der Waals surface area contributed by atoms with Crippen molar-refractivity contribution in [2.75, 3.05) is 14.2 Å². The Morgan fingerprint density at radius 3 is 1.80 bits per heavy atom. The first-order valence-electron chi connectivity index (χ1n) is 7.01. The number of carbonyl (C=O) groups excluding carboxylic acids is 1. The van der Waals surface area contributed by atoms with Crippen LogP contribution in [0.1, 0.15) is 50.4 Å². The molecule has 0 bridgehead atoms. The highest BCUT2D eigenvalue weighted by atomic mass is 16.6. The Morgan fingerprint density at radius 2 is 1.45 bits per heavy atom. The monoisotopic (exact) mass is 280 g/mol. The minimum Gasteiger partial charge on any atom is -0.496 e. The fourth-order valence-electron chi connectivity index (χ4n) is 2.27. The molecule has 1 aromatic rings. The third-order valence-corrected chi connectivity index (χ3v) is 3.87. The zero-order chi connectivity index (χ0) is 15.2. The topological polar surface area (TPSA) is 44.8 Å². The predicted molar refractivity (Wildman–Crippen MR) is 78.6 cm³/mol. The molecule has 0 aliphatic rings. The number of ether oxygens (including phenoxy) is 3. The second kappa shape index (κ2) is 7.17. The molecule has 1 rings (SSSR count). The summed E-state index contributed by atoms with van der Waals surface area (Å²) in [6, 6.07) is 5.23. The van der Waals surface area contributed by atoms with Crippen LogP contribution in [0.5, 0.6) is 11.5 Å². The van der Waals surface area contributed by atoms with Gasteiger partial charge < -0.3 is 14.2 Å². The lowest BCUT2D eigenvalue weighted by Crippen LogP contribution is -2.33. The lowest BCUT2D eigenvalue weighted by molar-refractivity contribution is -0.0254. The normalized spacial score (nSPS) is 11.1. The molecule has 1 aromatic carbocycles. The van der Waals surface area contributed by atoms with E-state index in [2.05, 4.69) is 0 Å². The summed E-state index contributed by atoms with van der Waals surface area (Å²) in [6.45, 7) is 6.08. The molecule has 0 unspecified atom stereocenters. The van der Waals surface area contributed by atoms with Gasteiger partial charge in [0, 0.05) is 0 Å². The first kappa shape index (κ1) is 16.3.